The Morgan fingerprint density at radius 2 is 2.17 bits per heavy atom. The Morgan fingerprint density at radius 3 is 2.87 bits per heavy atom. The predicted octanol–water partition coefficient (Wildman–Crippen LogP) is 3.31. The zero-order valence-electron chi connectivity index (χ0n) is 19.5. The largest absolute Gasteiger partial charge is 0.379 e. The number of hydrogen-bond acceptors (Lipinski definition) is 6. The topological polar surface area (TPSA) is 59.4 Å². The second kappa shape index (κ2) is 9.90. The summed E-state index contributed by atoms with van der Waals surface area (Å²) in [5.41, 5.74) is 1.59. The minimum atomic E-state index is 0.112. The lowest BCUT2D eigenvalue weighted by molar-refractivity contribution is 0.0747. The third-order valence-corrected chi connectivity index (χ3v) is 6.81. The molecule has 0 spiro atoms. The summed E-state index contributed by atoms with van der Waals surface area (Å²) < 4.78 is 7.36. The molecule has 1 aliphatic rings. The molecule has 0 bridgehead atoms. The zero-order valence-corrected chi connectivity index (χ0v) is 20.3. The first-order valence-corrected chi connectivity index (χ1v) is 12.0. The second-order valence-corrected chi connectivity index (χ2v) is 11.0. The fourth-order valence-electron chi connectivity index (χ4n) is 4.42. The number of thiophene rings is 1. The molecule has 0 aliphatic heterocycles. The fourth-order valence-corrected chi connectivity index (χ4v) is 5.68. The van der Waals surface area contributed by atoms with E-state index in [1.807, 2.05) is 13.8 Å². The Morgan fingerprint density at radius 1 is 1.40 bits per heavy atom. The van der Waals surface area contributed by atoms with Gasteiger partial charge in [0.25, 0.3) is 5.56 Å². The quantitative estimate of drug-likeness (QED) is 0.582. The van der Waals surface area contributed by atoms with Gasteiger partial charge in [-0.25, -0.2) is 4.98 Å². The van der Waals surface area contributed by atoms with Gasteiger partial charge in [0.2, 0.25) is 0 Å². The van der Waals surface area contributed by atoms with Gasteiger partial charge in [-0.15, -0.1) is 11.3 Å². The molecule has 1 unspecified atom stereocenters. The minimum Gasteiger partial charge on any atom is -0.379 e. The first-order valence-electron chi connectivity index (χ1n) is 11.2. The van der Waals surface area contributed by atoms with Gasteiger partial charge >= 0.3 is 0 Å². The van der Waals surface area contributed by atoms with Crippen LogP contribution in [0.15, 0.2) is 11.1 Å². The molecule has 3 rings (SSSR count). The predicted molar refractivity (Wildman–Crippen MR) is 126 cm³/mol. The smallest absolute Gasteiger partial charge is 0.262 e. The van der Waals surface area contributed by atoms with E-state index in [1.165, 1.54) is 10.4 Å². The van der Waals surface area contributed by atoms with Crippen LogP contribution in [-0.4, -0.2) is 60.4 Å². The van der Waals surface area contributed by atoms with Gasteiger partial charge in [0, 0.05) is 37.2 Å². The number of aromatic nitrogens is 2. The van der Waals surface area contributed by atoms with Gasteiger partial charge in [-0.1, -0.05) is 13.8 Å². The number of nitrogens with one attached hydrogen (secondary N) is 1. The molecular formula is C23H38N4O2S. The number of rotatable bonds is 10. The van der Waals surface area contributed by atoms with Crippen molar-refractivity contribution in [1.29, 1.82) is 0 Å². The molecule has 0 radical (unpaired) electrons. The highest BCUT2D eigenvalue weighted by atomic mass is 32.1. The summed E-state index contributed by atoms with van der Waals surface area (Å²) in [6, 6.07) is 0.474. The van der Waals surface area contributed by atoms with Crippen LogP contribution in [0.25, 0.3) is 10.2 Å². The number of hydrogen-bond donors (Lipinski definition) is 1. The van der Waals surface area contributed by atoms with E-state index >= 15 is 0 Å². The first-order chi connectivity index (χ1) is 14.2. The van der Waals surface area contributed by atoms with Crippen LogP contribution in [0.4, 0.5) is 0 Å². The van der Waals surface area contributed by atoms with E-state index in [4.69, 9.17) is 4.74 Å². The molecule has 30 heavy (non-hydrogen) atoms. The number of aryl methyl sites for hydroxylation is 2. The van der Waals surface area contributed by atoms with Crippen LogP contribution >= 0.6 is 11.3 Å². The molecule has 2 heterocycles. The lowest BCUT2D eigenvalue weighted by atomic mass is 9.89. The summed E-state index contributed by atoms with van der Waals surface area (Å²) in [6.07, 6.45) is 5.79. The molecule has 6 nitrogen and oxygen atoms in total. The van der Waals surface area contributed by atoms with Gasteiger partial charge in [0.1, 0.15) is 4.83 Å². The van der Waals surface area contributed by atoms with Crippen molar-refractivity contribution in [1.82, 2.24) is 19.8 Å². The van der Waals surface area contributed by atoms with Crippen LogP contribution in [0.5, 0.6) is 0 Å². The third kappa shape index (κ3) is 5.90. The van der Waals surface area contributed by atoms with Crippen LogP contribution in [0.1, 0.15) is 51.0 Å². The molecule has 0 saturated carbocycles. The molecule has 1 atom stereocenters. The summed E-state index contributed by atoms with van der Waals surface area (Å²) in [6.45, 7) is 12.1. The van der Waals surface area contributed by atoms with E-state index in [2.05, 4.69) is 43.1 Å². The van der Waals surface area contributed by atoms with Crippen LogP contribution in [0.3, 0.4) is 0 Å². The Bertz CT molecular complexity index is 900. The van der Waals surface area contributed by atoms with Crippen molar-refractivity contribution in [2.75, 3.05) is 33.8 Å². The average Bonchev–Trinajstić information content (AvgIpc) is 3.02. The second-order valence-electron chi connectivity index (χ2n) is 9.92. The lowest BCUT2D eigenvalue weighted by Gasteiger charge is -2.32. The van der Waals surface area contributed by atoms with Crippen molar-refractivity contribution >= 4 is 21.6 Å². The molecule has 2 aromatic rings. The highest BCUT2D eigenvalue weighted by Gasteiger charge is 2.27. The maximum absolute atomic E-state index is 13.1. The van der Waals surface area contributed by atoms with E-state index in [1.54, 1.807) is 22.2 Å². The van der Waals surface area contributed by atoms with Crippen molar-refractivity contribution in [2.24, 2.45) is 5.41 Å². The van der Waals surface area contributed by atoms with E-state index in [0.717, 1.165) is 49.0 Å². The molecule has 0 amide bonds. The van der Waals surface area contributed by atoms with Crippen LogP contribution < -0.4 is 10.9 Å². The highest BCUT2D eigenvalue weighted by molar-refractivity contribution is 7.18. The molecule has 0 fully saturated rings. The van der Waals surface area contributed by atoms with Crippen molar-refractivity contribution < 1.29 is 4.74 Å². The van der Waals surface area contributed by atoms with E-state index in [0.29, 0.717) is 19.2 Å². The Balaban J connectivity index is 1.67. The standard InChI is InChI=1S/C23H38N4O2S/c1-16(2)29-11-7-10-27-15-25-21-20(22(27)28)18-9-8-17(12-19(18)30-21)24-13-23(3,4)14-26(5)6/h15-17,24H,7-14H2,1-6H3. The van der Waals surface area contributed by atoms with Gasteiger partial charge in [0.15, 0.2) is 0 Å². The minimum absolute atomic E-state index is 0.112. The normalized spacial score (nSPS) is 17.3. The molecule has 1 N–H and O–H groups in total. The Kier molecular flexibility index (Phi) is 7.71. The number of nitrogens with zero attached hydrogens (tertiary/aromatic N) is 3. The fraction of sp³-hybridized carbons (Fsp3) is 0.739. The maximum Gasteiger partial charge on any atom is 0.262 e. The van der Waals surface area contributed by atoms with Crippen LogP contribution in [0, 0.1) is 5.41 Å². The van der Waals surface area contributed by atoms with Gasteiger partial charge in [-0.2, -0.15) is 0 Å². The Labute approximate surface area is 184 Å². The molecular weight excluding hydrogens is 396 g/mol. The average molecular weight is 435 g/mol. The van der Waals surface area contributed by atoms with E-state index < -0.39 is 0 Å². The van der Waals surface area contributed by atoms with Crippen molar-refractivity contribution in [3.63, 3.8) is 0 Å². The van der Waals surface area contributed by atoms with Gasteiger partial charge in [-0.3, -0.25) is 9.36 Å². The van der Waals surface area contributed by atoms with Gasteiger partial charge in [0.05, 0.1) is 17.8 Å². The van der Waals surface area contributed by atoms with Crippen LogP contribution in [-0.2, 0) is 24.1 Å². The molecule has 7 heteroatoms. The number of fused-ring (bicyclic) bond motifs is 3. The highest BCUT2D eigenvalue weighted by Crippen LogP contribution is 2.34. The molecule has 0 saturated heterocycles. The molecule has 2 aromatic heterocycles. The maximum atomic E-state index is 13.1. The summed E-state index contributed by atoms with van der Waals surface area (Å²) in [4.78, 5) is 22.2. The van der Waals surface area contributed by atoms with Gasteiger partial charge in [-0.05, 0) is 64.6 Å². The van der Waals surface area contributed by atoms with E-state index in [9.17, 15) is 4.79 Å². The van der Waals surface area contributed by atoms with Crippen molar-refractivity contribution in [3.05, 3.63) is 27.1 Å². The van der Waals surface area contributed by atoms with Crippen molar-refractivity contribution in [2.45, 2.75) is 72.1 Å². The van der Waals surface area contributed by atoms with Crippen LogP contribution in [0.2, 0.25) is 0 Å². The summed E-state index contributed by atoms with van der Waals surface area (Å²) in [5, 5.41) is 4.64. The van der Waals surface area contributed by atoms with E-state index in [-0.39, 0.29) is 17.1 Å². The molecule has 0 aromatic carbocycles. The SMILES string of the molecule is CC(C)OCCCn1cnc2sc3c(c2c1=O)CCC(NCC(C)(C)CN(C)C)C3. The number of ether oxygens (including phenoxy) is 1. The molecule has 1 aliphatic carbocycles. The zero-order chi connectivity index (χ0) is 21.9. The third-order valence-electron chi connectivity index (χ3n) is 5.64. The molecule has 168 valence electrons. The summed E-state index contributed by atoms with van der Waals surface area (Å²) in [5.74, 6) is 0. The Hall–Kier alpha value is -1.28. The summed E-state index contributed by atoms with van der Waals surface area (Å²) in [7, 11) is 4.26. The monoisotopic (exact) mass is 434 g/mol. The van der Waals surface area contributed by atoms with Gasteiger partial charge < -0.3 is 15.0 Å². The van der Waals surface area contributed by atoms with Crippen molar-refractivity contribution in [3.8, 4) is 0 Å². The first kappa shape index (κ1) is 23.4. The lowest BCUT2D eigenvalue weighted by Crippen LogP contribution is -2.43. The summed E-state index contributed by atoms with van der Waals surface area (Å²) >= 11 is 1.71.